The van der Waals surface area contributed by atoms with E-state index in [2.05, 4.69) is 20.1 Å². The van der Waals surface area contributed by atoms with Crippen LogP contribution in [0.1, 0.15) is 24.6 Å². The van der Waals surface area contributed by atoms with E-state index in [4.69, 9.17) is 4.74 Å². The molecule has 0 aliphatic carbocycles. The minimum absolute atomic E-state index is 0.0168. The average molecular weight is 374 g/mol. The van der Waals surface area contributed by atoms with Gasteiger partial charge in [-0.1, -0.05) is 0 Å². The molecule has 2 aliphatic rings. The van der Waals surface area contributed by atoms with Crippen molar-refractivity contribution in [2.45, 2.75) is 38.6 Å². The van der Waals surface area contributed by atoms with Gasteiger partial charge in [-0.2, -0.15) is 5.10 Å². The number of H-pyrrole nitrogens is 2. The van der Waals surface area contributed by atoms with Crippen molar-refractivity contribution < 1.29 is 9.13 Å². The quantitative estimate of drug-likeness (QED) is 0.739. The first-order chi connectivity index (χ1) is 12.6. The predicted octanol–water partition coefficient (Wildman–Crippen LogP) is 2.85. The second-order valence-electron chi connectivity index (χ2n) is 7.12. The van der Waals surface area contributed by atoms with Gasteiger partial charge in [0.15, 0.2) is 0 Å². The van der Waals surface area contributed by atoms with Crippen molar-refractivity contribution in [3.8, 4) is 16.2 Å². The molecule has 2 atom stereocenters. The van der Waals surface area contributed by atoms with Crippen LogP contribution in [0.15, 0.2) is 17.2 Å². The maximum absolute atomic E-state index is 13.5. The summed E-state index contributed by atoms with van der Waals surface area (Å²) in [6, 6.07) is 0. The molecule has 2 aliphatic heterocycles. The number of rotatable bonds is 3. The topological polar surface area (TPSA) is 74.0 Å². The number of aromatic nitrogens is 3. The Kier molecular flexibility index (Phi) is 3.65. The molecule has 5 heterocycles. The van der Waals surface area contributed by atoms with Crippen LogP contribution in [-0.4, -0.2) is 45.4 Å². The van der Waals surface area contributed by atoms with Crippen LogP contribution < -0.4 is 10.3 Å². The molecule has 0 radical (unpaired) electrons. The van der Waals surface area contributed by atoms with Crippen molar-refractivity contribution >= 4 is 21.4 Å². The van der Waals surface area contributed by atoms with Gasteiger partial charge in [-0.05, 0) is 18.9 Å². The number of aromatic amines is 2. The van der Waals surface area contributed by atoms with Gasteiger partial charge in [0.2, 0.25) is 0 Å². The first-order valence-electron chi connectivity index (χ1n) is 8.83. The molecule has 1 fully saturated rings. The minimum Gasteiger partial charge on any atom is -0.488 e. The Morgan fingerprint density at radius 3 is 3.12 bits per heavy atom. The molecule has 8 heteroatoms. The SMILES string of the molecule is C[C@@H]1Cc2c(CN3CC[C@H](F)C3)[nH]c(=O)c3sc(-c4cn[nH]c4)c(c23)O1. The summed E-state index contributed by atoms with van der Waals surface area (Å²) in [5.74, 6) is 0.775. The third-order valence-corrected chi connectivity index (χ3v) is 6.39. The number of hydrogen-bond acceptors (Lipinski definition) is 5. The molecule has 0 amide bonds. The van der Waals surface area contributed by atoms with E-state index < -0.39 is 6.17 Å². The Bertz CT molecular complexity index is 1030. The molecule has 2 N–H and O–H groups in total. The fourth-order valence-corrected chi connectivity index (χ4v) is 5.13. The molecule has 0 spiro atoms. The van der Waals surface area contributed by atoms with Crippen LogP contribution in [0.3, 0.4) is 0 Å². The van der Waals surface area contributed by atoms with Gasteiger partial charge in [0.1, 0.15) is 22.7 Å². The largest absolute Gasteiger partial charge is 0.488 e. The molecule has 6 nitrogen and oxygen atoms in total. The molecule has 0 aromatic carbocycles. The average Bonchev–Trinajstić information content (AvgIpc) is 3.32. The molecular formula is C18H19FN4O2S. The van der Waals surface area contributed by atoms with Gasteiger partial charge in [-0.3, -0.25) is 14.8 Å². The summed E-state index contributed by atoms with van der Waals surface area (Å²) in [7, 11) is 0. The lowest BCUT2D eigenvalue weighted by Crippen LogP contribution is -2.27. The van der Waals surface area contributed by atoms with Crippen LogP contribution in [0.5, 0.6) is 5.75 Å². The van der Waals surface area contributed by atoms with Crippen molar-refractivity contribution in [3.05, 3.63) is 34.0 Å². The highest BCUT2D eigenvalue weighted by Gasteiger charge is 2.30. The van der Waals surface area contributed by atoms with E-state index >= 15 is 0 Å². The Balaban J connectivity index is 1.68. The number of alkyl halides is 1. The molecule has 0 unspecified atom stereocenters. The zero-order valence-electron chi connectivity index (χ0n) is 14.3. The molecule has 0 bridgehead atoms. The lowest BCUT2D eigenvalue weighted by Gasteiger charge is -2.25. The normalized spacial score (nSPS) is 22.8. The highest BCUT2D eigenvalue weighted by atomic mass is 32.1. The number of likely N-dealkylation sites (tertiary alicyclic amines) is 1. The zero-order chi connectivity index (χ0) is 17.8. The first kappa shape index (κ1) is 16.0. The van der Waals surface area contributed by atoms with Crippen molar-refractivity contribution in [2.75, 3.05) is 13.1 Å². The summed E-state index contributed by atoms with van der Waals surface area (Å²) >= 11 is 1.44. The number of halogens is 1. The minimum atomic E-state index is -0.770. The van der Waals surface area contributed by atoms with Gasteiger partial charge in [-0.15, -0.1) is 11.3 Å². The highest BCUT2D eigenvalue weighted by molar-refractivity contribution is 7.22. The van der Waals surface area contributed by atoms with Crippen molar-refractivity contribution in [1.82, 2.24) is 20.1 Å². The smallest absolute Gasteiger partial charge is 0.266 e. The number of thiophene rings is 1. The first-order valence-corrected chi connectivity index (χ1v) is 9.64. The van der Waals surface area contributed by atoms with E-state index in [1.165, 1.54) is 11.3 Å². The Hall–Kier alpha value is -2.19. The van der Waals surface area contributed by atoms with Gasteiger partial charge in [0.25, 0.3) is 5.56 Å². The number of hydrogen-bond donors (Lipinski definition) is 2. The summed E-state index contributed by atoms with van der Waals surface area (Å²) in [6.45, 7) is 3.77. The van der Waals surface area contributed by atoms with E-state index in [1.54, 1.807) is 6.20 Å². The predicted molar refractivity (Wildman–Crippen MR) is 98.6 cm³/mol. The molecule has 0 saturated carbocycles. The second kappa shape index (κ2) is 5.92. The summed E-state index contributed by atoms with van der Waals surface area (Å²) in [5.41, 5.74) is 2.84. The van der Waals surface area contributed by atoms with Gasteiger partial charge >= 0.3 is 0 Å². The summed E-state index contributed by atoms with van der Waals surface area (Å²) in [4.78, 5) is 18.8. The standard InChI is InChI=1S/C18H19FN4O2S/c1-9-4-12-13(8-23-3-2-11(19)7-23)22-18(24)17-14(12)15(25-9)16(26-17)10-5-20-21-6-10/h5-6,9,11H,2-4,7-8H2,1H3,(H,20,21)(H,22,24)/t9-,11+/m1/s1. The Labute approximate surface area is 153 Å². The molecule has 5 rings (SSSR count). The van der Waals surface area contributed by atoms with Gasteiger partial charge in [0.05, 0.1) is 11.1 Å². The van der Waals surface area contributed by atoms with E-state index in [9.17, 15) is 9.18 Å². The van der Waals surface area contributed by atoms with Gasteiger partial charge in [-0.25, -0.2) is 4.39 Å². The number of ether oxygens (including phenoxy) is 1. The zero-order valence-corrected chi connectivity index (χ0v) is 15.2. The highest BCUT2D eigenvalue weighted by Crippen LogP contribution is 2.47. The fourth-order valence-electron chi connectivity index (χ4n) is 3.99. The molecular weight excluding hydrogens is 355 g/mol. The van der Waals surface area contributed by atoms with Crippen molar-refractivity contribution in [3.63, 3.8) is 0 Å². The van der Waals surface area contributed by atoms with E-state index in [0.29, 0.717) is 24.2 Å². The molecule has 3 aromatic rings. The summed E-state index contributed by atoms with van der Waals surface area (Å²) < 4.78 is 20.4. The van der Waals surface area contributed by atoms with Gasteiger partial charge < -0.3 is 9.72 Å². The van der Waals surface area contributed by atoms with E-state index in [0.717, 1.165) is 45.8 Å². The van der Waals surface area contributed by atoms with Crippen molar-refractivity contribution in [1.29, 1.82) is 0 Å². The van der Waals surface area contributed by atoms with E-state index in [1.807, 2.05) is 13.1 Å². The Morgan fingerprint density at radius 2 is 2.38 bits per heavy atom. The monoisotopic (exact) mass is 374 g/mol. The number of pyridine rings is 1. The van der Waals surface area contributed by atoms with Crippen LogP contribution in [0.2, 0.25) is 0 Å². The lowest BCUT2D eigenvalue weighted by atomic mass is 9.98. The number of nitrogens with zero attached hydrogens (tertiary/aromatic N) is 2. The van der Waals surface area contributed by atoms with Crippen LogP contribution in [0.4, 0.5) is 4.39 Å². The lowest BCUT2D eigenvalue weighted by molar-refractivity contribution is 0.218. The fraction of sp³-hybridized carbons (Fsp3) is 0.444. The maximum Gasteiger partial charge on any atom is 0.266 e. The summed E-state index contributed by atoms with van der Waals surface area (Å²) in [5, 5.41) is 7.75. The Morgan fingerprint density at radius 1 is 1.50 bits per heavy atom. The van der Waals surface area contributed by atoms with Gasteiger partial charge in [0, 0.05) is 48.9 Å². The molecule has 3 aromatic heterocycles. The van der Waals surface area contributed by atoms with Crippen LogP contribution in [0.25, 0.3) is 20.5 Å². The maximum atomic E-state index is 13.5. The third-order valence-electron chi connectivity index (χ3n) is 5.17. The molecule has 1 saturated heterocycles. The second-order valence-corrected chi connectivity index (χ2v) is 8.14. The third kappa shape index (κ3) is 2.47. The molecule has 26 heavy (non-hydrogen) atoms. The van der Waals surface area contributed by atoms with Crippen molar-refractivity contribution in [2.24, 2.45) is 0 Å². The molecule has 136 valence electrons. The van der Waals surface area contributed by atoms with Crippen LogP contribution in [0, 0.1) is 0 Å². The van der Waals surface area contributed by atoms with E-state index in [-0.39, 0.29) is 11.7 Å². The van der Waals surface area contributed by atoms with Crippen LogP contribution >= 0.6 is 11.3 Å². The summed E-state index contributed by atoms with van der Waals surface area (Å²) in [6.07, 6.45) is 4.10. The number of nitrogens with one attached hydrogen (secondary N) is 2. The van der Waals surface area contributed by atoms with Crippen LogP contribution in [-0.2, 0) is 13.0 Å².